The molecule has 1 rings (SSSR count). The third-order valence-corrected chi connectivity index (χ3v) is 2.78. The summed E-state index contributed by atoms with van der Waals surface area (Å²) in [5, 5.41) is 21.7. The lowest BCUT2D eigenvalue weighted by Crippen LogP contribution is -2.57. The number of hydrogen-bond donors (Lipinski definition) is 4. The molecule has 4 atom stereocenters. The van der Waals surface area contributed by atoms with E-state index < -0.39 is 17.7 Å². The van der Waals surface area contributed by atoms with Gasteiger partial charge >= 0.3 is 0 Å². The normalized spacial score (nSPS) is 36.8. The Hall–Kier alpha value is -0.690. The van der Waals surface area contributed by atoms with Crippen LogP contribution in [0, 0.1) is 0 Å². The van der Waals surface area contributed by atoms with Gasteiger partial charge < -0.3 is 26.0 Å². The summed E-state index contributed by atoms with van der Waals surface area (Å²) in [5.74, 6) is -0.271. The van der Waals surface area contributed by atoms with E-state index in [4.69, 9.17) is 15.6 Å². The lowest BCUT2D eigenvalue weighted by atomic mass is 9.89. The Morgan fingerprint density at radius 2 is 2.38 bits per heavy atom. The van der Waals surface area contributed by atoms with Gasteiger partial charge in [0.15, 0.2) is 0 Å². The molecule has 0 aromatic rings. The molecule has 94 valence electrons. The zero-order chi connectivity index (χ0) is 12.3. The maximum atomic E-state index is 11.4. The average Bonchev–Trinajstić information content (AvgIpc) is 2.16. The number of rotatable bonds is 3. The Balaban J connectivity index is 2.52. The second-order valence-corrected chi connectivity index (χ2v) is 4.56. The van der Waals surface area contributed by atoms with Crippen molar-refractivity contribution in [3.8, 4) is 0 Å². The third-order valence-electron chi connectivity index (χ3n) is 2.78. The van der Waals surface area contributed by atoms with Crippen molar-refractivity contribution in [2.45, 2.75) is 44.1 Å². The molecule has 0 bridgehead atoms. The predicted molar refractivity (Wildman–Crippen MR) is 57.6 cm³/mol. The number of nitrogens with two attached hydrogens (primary N) is 1. The molecule has 0 radical (unpaired) electrons. The van der Waals surface area contributed by atoms with E-state index >= 15 is 0 Å². The Bertz CT molecular complexity index is 255. The fourth-order valence-electron chi connectivity index (χ4n) is 1.78. The summed E-state index contributed by atoms with van der Waals surface area (Å²) in [6, 6.07) is -0.850. The van der Waals surface area contributed by atoms with Crippen molar-refractivity contribution in [1.29, 1.82) is 0 Å². The van der Waals surface area contributed by atoms with Crippen LogP contribution in [0.25, 0.3) is 0 Å². The van der Waals surface area contributed by atoms with Gasteiger partial charge in [0.2, 0.25) is 5.91 Å². The Morgan fingerprint density at radius 3 is 2.81 bits per heavy atom. The number of carbonyl (C=O) groups is 1. The van der Waals surface area contributed by atoms with Gasteiger partial charge in [0.25, 0.3) is 0 Å². The number of carbonyl (C=O) groups excluding carboxylic acids is 1. The average molecular weight is 232 g/mol. The van der Waals surface area contributed by atoms with E-state index in [1.165, 1.54) is 0 Å². The first kappa shape index (κ1) is 13.4. The molecule has 0 aromatic carbocycles. The molecule has 1 saturated heterocycles. The van der Waals surface area contributed by atoms with Crippen LogP contribution in [0.4, 0.5) is 0 Å². The molecule has 0 aromatic heterocycles. The number of hydrogen-bond acceptors (Lipinski definition) is 5. The van der Waals surface area contributed by atoms with Crippen molar-refractivity contribution in [1.82, 2.24) is 5.32 Å². The van der Waals surface area contributed by atoms with Crippen LogP contribution in [-0.4, -0.2) is 53.1 Å². The summed E-state index contributed by atoms with van der Waals surface area (Å²) in [6.07, 6.45) is -0.257. The Morgan fingerprint density at radius 1 is 1.75 bits per heavy atom. The summed E-state index contributed by atoms with van der Waals surface area (Å²) >= 11 is 0. The molecule has 6 nitrogen and oxygen atoms in total. The van der Waals surface area contributed by atoms with Gasteiger partial charge in [0, 0.05) is 6.42 Å². The Labute approximate surface area is 94.8 Å². The molecule has 6 heteroatoms. The summed E-state index contributed by atoms with van der Waals surface area (Å²) in [6.45, 7) is 3.21. The van der Waals surface area contributed by atoms with Crippen molar-refractivity contribution < 1.29 is 19.7 Å². The molecule has 1 aliphatic rings. The molecular formula is C10H20N2O4. The van der Waals surface area contributed by atoms with Gasteiger partial charge in [0.1, 0.15) is 6.10 Å². The first-order valence-electron chi connectivity index (χ1n) is 5.37. The van der Waals surface area contributed by atoms with E-state index in [1.54, 1.807) is 13.8 Å². The van der Waals surface area contributed by atoms with Crippen molar-refractivity contribution in [3.63, 3.8) is 0 Å². The van der Waals surface area contributed by atoms with Gasteiger partial charge in [-0.25, -0.2) is 0 Å². The van der Waals surface area contributed by atoms with E-state index in [1.807, 2.05) is 0 Å². The molecule has 1 aliphatic heterocycles. The first-order chi connectivity index (χ1) is 7.36. The van der Waals surface area contributed by atoms with Gasteiger partial charge in [-0.2, -0.15) is 0 Å². The summed E-state index contributed by atoms with van der Waals surface area (Å²) in [4.78, 5) is 11.4. The molecule has 1 amide bonds. The van der Waals surface area contributed by atoms with E-state index in [2.05, 4.69) is 5.32 Å². The molecule has 0 spiro atoms. The first-order valence-corrected chi connectivity index (χ1v) is 5.37. The van der Waals surface area contributed by atoms with Crippen molar-refractivity contribution in [3.05, 3.63) is 0 Å². The highest BCUT2D eigenvalue weighted by atomic mass is 16.5. The minimum Gasteiger partial charge on any atom is -0.394 e. The van der Waals surface area contributed by atoms with Gasteiger partial charge in [-0.15, -0.1) is 0 Å². The second-order valence-electron chi connectivity index (χ2n) is 4.56. The van der Waals surface area contributed by atoms with Crippen LogP contribution < -0.4 is 11.1 Å². The van der Waals surface area contributed by atoms with Crippen LogP contribution in [0.2, 0.25) is 0 Å². The van der Waals surface area contributed by atoms with Gasteiger partial charge in [-0.05, 0) is 13.8 Å². The topological polar surface area (TPSA) is 105 Å². The molecule has 16 heavy (non-hydrogen) atoms. The summed E-state index contributed by atoms with van der Waals surface area (Å²) < 4.78 is 5.28. The van der Waals surface area contributed by atoms with Crippen LogP contribution in [0.3, 0.4) is 0 Å². The minimum absolute atomic E-state index is 0.235. The molecule has 1 unspecified atom stereocenters. The number of nitrogens with one attached hydrogen (secondary N) is 1. The summed E-state index contributed by atoms with van der Waals surface area (Å²) in [7, 11) is 0. The largest absolute Gasteiger partial charge is 0.394 e. The predicted octanol–water partition coefficient (Wildman–Crippen LogP) is -1.65. The maximum Gasteiger partial charge on any atom is 0.236 e. The third kappa shape index (κ3) is 3.15. The van der Waals surface area contributed by atoms with Crippen molar-refractivity contribution in [2.24, 2.45) is 5.73 Å². The fraction of sp³-hybridized carbons (Fsp3) is 0.900. The van der Waals surface area contributed by atoms with Crippen LogP contribution in [0.1, 0.15) is 20.3 Å². The van der Waals surface area contributed by atoms with Crippen LogP contribution >= 0.6 is 0 Å². The van der Waals surface area contributed by atoms with Crippen LogP contribution in [0.15, 0.2) is 0 Å². The SMILES string of the molecule is C[C@@H](N)C(=O)N[C@H]1CO[C@H](CO)C(C)(O)C1. The lowest BCUT2D eigenvalue weighted by molar-refractivity contribution is -0.161. The zero-order valence-corrected chi connectivity index (χ0v) is 9.64. The minimum atomic E-state index is -1.14. The monoisotopic (exact) mass is 232 g/mol. The van der Waals surface area contributed by atoms with E-state index in [9.17, 15) is 9.90 Å². The highest BCUT2D eigenvalue weighted by Crippen LogP contribution is 2.24. The quantitative estimate of drug-likeness (QED) is 0.467. The molecule has 1 heterocycles. The molecular weight excluding hydrogens is 212 g/mol. The number of aliphatic hydroxyl groups is 2. The van der Waals surface area contributed by atoms with Crippen LogP contribution in [0.5, 0.6) is 0 Å². The summed E-state index contributed by atoms with van der Waals surface area (Å²) in [5.41, 5.74) is 4.28. The number of ether oxygens (including phenoxy) is 1. The van der Waals surface area contributed by atoms with E-state index in [-0.39, 0.29) is 25.2 Å². The lowest BCUT2D eigenvalue weighted by Gasteiger charge is -2.40. The number of aliphatic hydroxyl groups excluding tert-OH is 1. The molecule has 0 saturated carbocycles. The van der Waals surface area contributed by atoms with Gasteiger partial charge in [-0.3, -0.25) is 4.79 Å². The van der Waals surface area contributed by atoms with Gasteiger partial charge in [-0.1, -0.05) is 0 Å². The van der Waals surface area contributed by atoms with E-state index in [0.29, 0.717) is 6.42 Å². The highest BCUT2D eigenvalue weighted by Gasteiger charge is 2.40. The standard InChI is InChI=1S/C10H20N2O4/c1-6(11)9(14)12-7-3-10(2,15)8(4-13)16-5-7/h6-8,13,15H,3-5,11H2,1-2H3,(H,12,14)/t6-,7-,8-,10?/m1/s1. The van der Waals surface area contributed by atoms with Crippen LogP contribution in [-0.2, 0) is 9.53 Å². The second kappa shape index (κ2) is 5.09. The van der Waals surface area contributed by atoms with Crippen molar-refractivity contribution in [2.75, 3.05) is 13.2 Å². The van der Waals surface area contributed by atoms with Gasteiger partial charge in [0.05, 0.1) is 30.9 Å². The molecule has 5 N–H and O–H groups in total. The fourth-order valence-corrected chi connectivity index (χ4v) is 1.78. The number of amides is 1. The maximum absolute atomic E-state index is 11.4. The Kier molecular flexibility index (Phi) is 4.26. The zero-order valence-electron chi connectivity index (χ0n) is 9.64. The van der Waals surface area contributed by atoms with E-state index in [0.717, 1.165) is 0 Å². The smallest absolute Gasteiger partial charge is 0.236 e. The highest BCUT2D eigenvalue weighted by molar-refractivity contribution is 5.81. The molecule has 1 fully saturated rings. The molecule has 0 aliphatic carbocycles. The van der Waals surface area contributed by atoms with Crippen molar-refractivity contribution >= 4 is 5.91 Å².